The van der Waals surface area contributed by atoms with Crippen molar-refractivity contribution in [3.05, 3.63) is 52.5 Å². The molecule has 2 heterocycles. The van der Waals surface area contributed by atoms with Gasteiger partial charge < -0.3 is 19.3 Å². The maximum Gasteiger partial charge on any atom is 0.254 e. The lowest BCUT2D eigenvalue weighted by atomic mass is 10.1. The first-order valence-electron chi connectivity index (χ1n) is 8.32. The summed E-state index contributed by atoms with van der Waals surface area (Å²) >= 11 is 6.23. The molecule has 0 saturated carbocycles. The zero-order valence-corrected chi connectivity index (χ0v) is 14.8. The van der Waals surface area contributed by atoms with Gasteiger partial charge >= 0.3 is 0 Å². The summed E-state index contributed by atoms with van der Waals surface area (Å²) in [7, 11) is 0. The normalized spacial score (nSPS) is 16.2. The summed E-state index contributed by atoms with van der Waals surface area (Å²) < 4.78 is 10.7. The molecule has 25 heavy (non-hydrogen) atoms. The van der Waals surface area contributed by atoms with E-state index in [4.69, 9.17) is 21.1 Å². The fourth-order valence-electron chi connectivity index (χ4n) is 3.30. The number of anilines is 1. The van der Waals surface area contributed by atoms with Gasteiger partial charge in [-0.05, 0) is 42.8 Å². The molecule has 2 aromatic carbocycles. The van der Waals surface area contributed by atoms with E-state index in [9.17, 15) is 4.79 Å². The van der Waals surface area contributed by atoms with Gasteiger partial charge in [-0.25, -0.2) is 0 Å². The monoisotopic (exact) mass is 358 g/mol. The van der Waals surface area contributed by atoms with E-state index < -0.39 is 0 Å². The summed E-state index contributed by atoms with van der Waals surface area (Å²) in [6, 6.07) is 11.3. The molecule has 0 atom stereocenters. The largest absolute Gasteiger partial charge is 0.454 e. The van der Waals surface area contributed by atoms with Crippen LogP contribution in [0.4, 0.5) is 5.69 Å². The van der Waals surface area contributed by atoms with E-state index in [2.05, 4.69) is 11.0 Å². The minimum atomic E-state index is 0.0285. The van der Waals surface area contributed by atoms with Crippen LogP contribution in [0.1, 0.15) is 15.9 Å². The van der Waals surface area contributed by atoms with Gasteiger partial charge in [-0.15, -0.1) is 0 Å². The lowest BCUT2D eigenvalue weighted by Crippen LogP contribution is -2.49. The molecule has 1 amide bonds. The Morgan fingerprint density at radius 1 is 1.04 bits per heavy atom. The Labute approximate surface area is 151 Å². The van der Waals surface area contributed by atoms with Gasteiger partial charge in [0.2, 0.25) is 6.79 Å². The van der Waals surface area contributed by atoms with Crippen LogP contribution in [0.2, 0.25) is 5.02 Å². The van der Waals surface area contributed by atoms with E-state index in [1.165, 1.54) is 0 Å². The van der Waals surface area contributed by atoms with Crippen LogP contribution in [0, 0.1) is 6.92 Å². The number of carbonyl (C=O) groups is 1. The Kier molecular flexibility index (Phi) is 4.17. The first kappa shape index (κ1) is 16.1. The summed E-state index contributed by atoms with van der Waals surface area (Å²) in [5.74, 6) is 1.36. The SMILES string of the molecule is Cc1c(Cl)cccc1N1CCN(C(=O)c2ccc3c(c2)OCO3)CC1. The van der Waals surface area contributed by atoms with Crippen LogP contribution in [0.15, 0.2) is 36.4 Å². The van der Waals surface area contributed by atoms with Crippen molar-refractivity contribution in [1.29, 1.82) is 0 Å². The van der Waals surface area contributed by atoms with E-state index >= 15 is 0 Å². The number of halogens is 1. The summed E-state index contributed by atoms with van der Waals surface area (Å²) in [5.41, 5.74) is 2.86. The van der Waals surface area contributed by atoms with Crippen molar-refractivity contribution >= 4 is 23.2 Å². The van der Waals surface area contributed by atoms with Crippen molar-refractivity contribution in [2.45, 2.75) is 6.92 Å². The molecule has 2 aliphatic heterocycles. The quantitative estimate of drug-likeness (QED) is 0.825. The molecule has 0 radical (unpaired) electrons. The van der Waals surface area contributed by atoms with Crippen LogP contribution in [-0.2, 0) is 0 Å². The van der Waals surface area contributed by atoms with Gasteiger partial charge in [-0.2, -0.15) is 0 Å². The number of piperazine rings is 1. The topological polar surface area (TPSA) is 42.0 Å². The van der Waals surface area contributed by atoms with Crippen molar-refractivity contribution in [3.8, 4) is 11.5 Å². The van der Waals surface area contributed by atoms with E-state index in [1.54, 1.807) is 18.2 Å². The highest BCUT2D eigenvalue weighted by Gasteiger charge is 2.25. The predicted molar refractivity (Wildman–Crippen MR) is 96.9 cm³/mol. The molecule has 1 saturated heterocycles. The molecular formula is C19H19ClN2O3. The lowest BCUT2D eigenvalue weighted by molar-refractivity contribution is 0.0746. The predicted octanol–water partition coefficient (Wildman–Crippen LogP) is 3.34. The van der Waals surface area contributed by atoms with E-state index in [0.29, 0.717) is 30.2 Å². The number of ether oxygens (including phenoxy) is 2. The molecule has 4 rings (SSSR count). The number of carbonyl (C=O) groups excluding carboxylic acids is 1. The molecule has 5 nitrogen and oxygen atoms in total. The van der Waals surface area contributed by atoms with Gasteiger partial charge in [0.25, 0.3) is 5.91 Å². The second-order valence-corrected chi connectivity index (χ2v) is 6.64. The Morgan fingerprint density at radius 3 is 2.60 bits per heavy atom. The van der Waals surface area contributed by atoms with Crippen LogP contribution in [0.25, 0.3) is 0 Å². The summed E-state index contributed by atoms with van der Waals surface area (Å²) in [6.07, 6.45) is 0. The first-order chi connectivity index (χ1) is 12.1. The molecule has 2 aliphatic rings. The number of nitrogens with zero attached hydrogens (tertiary/aromatic N) is 2. The molecule has 0 unspecified atom stereocenters. The van der Waals surface area contributed by atoms with Crippen molar-refractivity contribution < 1.29 is 14.3 Å². The zero-order valence-electron chi connectivity index (χ0n) is 14.0. The lowest BCUT2D eigenvalue weighted by Gasteiger charge is -2.37. The van der Waals surface area contributed by atoms with Gasteiger partial charge in [0.1, 0.15) is 0 Å². The summed E-state index contributed by atoms with van der Waals surface area (Å²) in [4.78, 5) is 16.9. The van der Waals surface area contributed by atoms with Crippen molar-refractivity contribution in [2.24, 2.45) is 0 Å². The molecular weight excluding hydrogens is 340 g/mol. The van der Waals surface area contributed by atoms with Crippen molar-refractivity contribution in [1.82, 2.24) is 4.90 Å². The average molecular weight is 359 g/mol. The van der Waals surface area contributed by atoms with Crippen LogP contribution < -0.4 is 14.4 Å². The standard InChI is InChI=1S/C19H19ClN2O3/c1-13-15(20)3-2-4-16(13)21-7-9-22(10-8-21)19(23)14-5-6-17-18(11-14)25-12-24-17/h2-6,11H,7-10,12H2,1H3. The molecule has 0 aromatic heterocycles. The minimum absolute atomic E-state index is 0.0285. The van der Waals surface area contributed by atoms with Crippen LogP contribution >= 0.6 is 11.6 Å². The van der Waals surface area contributed by atoms with Gasteiger partial charge in [0.05, 0.1) is 0 Å². The van der Waals surface area contributed by atoms with Crippen LogP contribution in [0.5, 0.6) is 11.5 Å². The third-order valence-electron chi connectivity index (χ3n) is 4.77. The average Bonchev–Trinajstić information content (AvgIpc) is 3.11. The Morgan fingerprint density at radius 2 is 1.80 bits per heavy atom. The molecule has 6 heteroatoms. The Hall–Kier alpha value is -2.40. The number of hydrogen-bond acceptors (Lipinski definition) is 4. The maximum absolute atomic E-state index is 12.8. The van der Waals surface area contributed by atoms with Crippen molar-refractivity contribution in [3.63, 3.8) is 0 Å². The Balaban J connectivity index is 1.45. The smallest absolute Gasteiger partial charge is 0.254 e. The van der Waals surface area contributed by atoms with E-state index in [1.807, 2.05) is 24.0 Å². The van der Waals surface area contributed by atoms with E-state index in [-0.39, 0.29) is 12.7 Å². The zero-order chi connectivity index (χ0) is 17.4. The fourth-order valence-corrected chi connectivity index (χ4v) is 3.47. The third kappa shape index (κ3) is 3.00. The second-order valence-electron chi connectivity index (χ2n) is 6.23. The number of hydrogen-bond donors (Lipinski definition) is 0. The molecule has 0 N–H and O–H groups in total. The van der Waals surface area contributed by atoms with Crippen LogP contribution in [0.3, 0.4) is 0 Å². The Bertz CT molecular complexity index is 816. The maximum atomic E-state index is 12.8. The molecule has 0 aliphatic carbocycles. The number of rotatable bonds is 2. The van der Waals surface area contributed by atoms with Crippen molar-refractivity contribution in [2.75, 3.05) is 37.9 Å². The summed E-state index contributed by atoms with van der Waals surface area (Å²) in [5, 5.41) is 0.774. The van der Waals surface area contributed by atoms with Crippen LogP contribution in [-0.4, -0.2) is 43.8 Å². The molecule has 1 fully saturated rings. The highest BCUT2D eigenvalue weighted by molar-refractivity contribution is 6.31. The first-order valence-corrected chi connectivity index (χ1v) is 8.70. The molecule has 2 aromatic rings. The number of fused-ring (bicyclic) bond motifs is 1. The second kappa shape index (κ2) is 6.48. The van der Waals surface area contributed by atoms with Gasteiger partial charge in [-0.3, -0.25) is 4.79 Å². The van der Waals surface area contributed by atoms with E-state index in [0.717, 1.165) is 29.4 Å². The fraction of sp³-hybridized carbons (Fsp3) is 0.316. The molecule has 0 spiro atoms. The number of benzene rings is 2. The van der Waals surface area contributed by atoms with Gasteiger partial charge in [0.15, 0.2) is 11.5 Å². The highest BCUT2D eigenvalue weighted by atomic mass is 35.5. The van der Waals surface area contributed by atoms with Gasteiger partial charge in [-0.1, -0.05) is 17.7 Å². The third-order valence-corrected chi connectivity index (χ3v) is 5.18. The number of amides is 1. The summed E-state index contributed by atoms with van der Waals surface area (Å²) in [6.45, 7) is 5.18. The highest BCUT2D eigenvalue weighted by Crippen LogP contribution is 2.33. The van der Waals surface area contributed by atoms with Gasteiger partial charge in [0, 0.05) is 42.5 Å². The molecule has 0 bridgehead atoms. The minimum Gasteiger partial charge on any atom is -0.454 e. The molecule has 130 valence electrons.